The molecule has 0 saturated carbocycles. The van der Waals surface area contributed by atoms with Gasteiger partial charge in [-0.15, -0.1) is 0 Å². The number of piperidine rings is 1. The fourth-order valence-electron chi connectivity index (χ4n) is 2.76. The van der Waals surface area contributed by atoms with Gasteiger partial charge >= 0.3 is 6.03 Å². The van der Waals surface area contributed by atoms with Gasteiger partial charge < -0.3 is 9.42 Å². The predicted octanol–water partition coefficient (Wildman–Crippen LogP) is 3.39. The van der Waals surface area contributed by atoms with Gasteiger partial charge in [0.2, 0.25) is 0 Å². The topological polar surface area (TPSA) is 58.4 Å². The summed E-state index contributed by atoms with van der Waals surface area (Å²) in [5.41, 5.74) is 1.37. The molecule has 5 heteroatoms. The van der Waals surface area contributed by atoms with Crippen LogP contribution < -0.4 is 5.32 Å². The minimum absolute atomic E-state index is 0.102. The van der Waals surface area contributed by atoms with Crippen LogP contribution in [-0.4, -0.2) is 29.2 Å². The summed E-state index contributed by atoms with van der Waals surface area (Å²) < 4.78 is 4.94. The molecular weight excluding hydrogens is 266 g/mol. The smallest absolute Gasteiger partial charge is 0.323 e. The van der Waals surface area contributed by atoms with Gasteiger partial charge in [0.25, 0.3) is 0 Å². The first kappa shape index (κ1) is 13.7. The van der Waals surface area contributed by atoms with Gasteiger partial charge in [0.05, 0.1) is 0 Å². The minimum Gasteiger partial charge on any atom is -0.360 e. The second-order valence-electron chi connectivity index (χ2n) is 5.42. The number of rotatable bonds is 2. The quantitative estimate of drug-likeness (QED) is 0.920. The van der Waals surface area contributed by atoms with E-state index in [4.69, 9.17) is 4.52 Å². The van der Waals surface area contributed by atoms with Gasteiger partial charge in [-0.25, -0.2) is 4.79 Å². The van der Waals surface area contributed by atoms with Crippen LogP contribution in [0.4, 0.5) is 10.6 Å². The lowest BCUT2D eigenvalue weighted by molar-refractivity contribution is 0.194. The van der Waals surface area contributed by atoms with Crippen LogP contribution in [0.5, 0.6) is 0 Å². The molecule has 2 aromatic rings. The van der Waals surface area contributed by atoms with Crippen molar-refractivity contribution in [3.63, 3.8) is 0 Å². The number of aromatic nitrogens is 1. The Bertz CT molecular complexity index is 601. The van der Waals surface area contributed by atoms with Gasteiger partial charge in [0.1, 0.15) is 5.76 Å². The van der Waals surface area contributed by atoms with Crippen molar-refractivity contribution in [3.8, 4) is 0 Å². The minimum atomic E-state index is -0.102. The van der Waals surface area contributed by atoms with E-state index in [0.29, 0.717) is 17.5 Å². The number of nitrogens with one attached hydrogen (secondary N) is 1. The molecular formula is C16H19N3O2. The first-order valence-corrected chi connectivity index (χ1v) is 7.26. The van der Waals surface area contributed by atoms with Crippen LogP contribution in [0.15, 0.2) is 40.9 Å². The highest BCUT2D eigenvalue weighted by Gasteiger charge is 2.24. The number of hydrogen-bond acceptors (Lipinski definition) is 3. The van der Waals surface area contributed by atoms with Crippen molar-refractivity contribution < 1.29 is 9.32 Å². The SMILES string of the molecule is Cc1cc(NC(=O)N2CCC(c3ccccc3)CC2)no1. The standard InChI is InChI=1S/C16H19N3O2/c1-12-11-15(18-21-12)17-16(20)19-9-7-14(8-10-19)13-5-3-2-4-6-13/h2-6,11,14H,7-10H2,1H3,(H,17,18,20). The molecule has 0 radical (unpaired) electrons. The molecule has 1 aliphatic rings. The Balaban J connectivity index is 1.54. The summed E-state index contributed by atoms with van der Waals surface area (Å²) in [6.45, 7) is 3.33. The number of likely N-dealkylation sites (tertiary alicyclic amines) is 1. The molecule has 3 rings (SSSR count). The monoisotopic (exact) mass is 285 g/mol. The van der Waals surface area contributed by atoms with Crippen molar-refractivity contribution in [1.29, 1.82) is 0 Å². The largest absolute Gasteiger partial charge is 0.360 e. The molecule has 1 N–H and O–H groups in total. The van der Waals surface area contributed by atoms with Crippen LogP contribution in [0.1, 0.15) is 30.1 Å². The van der Waals surface area contributed by atoms with Crippen LogP contribution in [0.3, 0.4) is 0 Å². The maximum atomic E-state index is 12.2. The summed E-state index contributed by atoms with van der Waals surface area (Å²) in [5.74, 6) is 1.71. The summed E-state index contributed by atoms with van der Waals surface area (Å²) in [5, 5.41) is 6.55. The lowest BCUT2D eigenvalue weighted by Crippen LogP contribution is -2.40. The van der Waals surface area contributed by atoms with E-state index < -0.39 is 0 Å². The molecule has 0 bridgehead atoms. The number of carbonyl (C=O) groups excluding carboxylic acids is 1. The number of benzene rings is 1. The van der Waals surface area contributed by atoms with Gasteiger partial charge in [-0.2, -0.15) is 0 Å². The van der Waals surface area contributed by atoms with E-state index in [9.17, 15) is 4.79 Å². The van der Waals surface area contributed by atoms with Crippen molar-refractivity contribution >= 4 is 11.8 Å². The number of aryl methyl sites for hydroxylation is 1. The molecule has 0 atom stereocenters. The third-order valence-corrected chi connectivity index (χ3v) is 3.92. The fourth-order valence-corrected chi connectivity index (χ4v) is 2.76. The maximum Gasteiger partial charge on any atom is 0.323 e. The summed E-state index contributed by atoms with van der Waals surface area (Å²) >= 11 is 0. The normalized spacial score (nSPS) is 16.0. The Labute approximate surface area is 123 Å². The van der Waals surface area contributed by atoms with Crippen LogP contribution in [0, 0.1) is 6.92 Å². The second-order valence-corrected chi connectivity index (χ2v) is 5.42. The third-order valence-electron chi connectivity index (χ3n) is 3.92. The lowest BCUT2D eigenvalue weighted by Gasteiger charge is -2.32. The summed E-state index contributed by atoms with van der Waals surface area (Å²) in [6.07, 6.45) is 1.99. The van der Waals surface area contributed by atoms with E-state index in [1.807, 2.05) is 11.0 Å². The number of nitrogens with zero attached hydrogens (tertiary/aromatic N) is 2. The Kier molecular flexibility index (Phi) is 3.90. The highest BCUT2D eigenvalue weighted by molar-refractivity contribution is 5.88. The molecule has 110 valence electrons. The first-order valence-electron chi connectivity index (χ1n) is 7.26. The third kappa shape index (κ3) is 3.24. The van der Waals surface area contributed by atoms with E-state index in [1.165, 1.54) is 5.56 Å². The van der Waals surface area contributed by atoms with Crippen molar-refractivity contribution in [2.24, 2.45) is 0 Å². The van der Waals surface area contributed by atoms with E-state index >= 15 is 0 Å². The number of anilines is 1. The molecule has 21 heavy (non-hydrogen) atoms. The Morgan fingerprint density at radius 1 is 1.29 bits per heavy atom. The summed E-state index contributed by atoms with van der Waals surface area (Å²) in [6, 6.07) is 12.1. The predicted molar refractivity (Wildman–Crippen MR) is 80.2 cm³/mol. The van der Waals surface area contributed by atoms with Crippen molar-refractivity contribution in [3.05, 3.63) is 47.7 Å². The molecule has 0 unspecified atom stereocenters. The second kappa shape index (κ2) is 5.99. The van der Waals surface area contributed by atoms with Crippen molar-refractivity contribution in [1.82, 2.24) is 10.1 Å². The number of hydrogen-bond donors (Lipinski definition) is 1. The average Bonchev–Trinajstić information content (AvgIpc) is 2.93. The number of amides is 2. The molecule has 2 amide bonds. The summed E-state index contributed by atoms with van der Waals surface area (Å²) in [4.78, 5) is 14.0. The van der Waals surface area contributed by atoms with Crippen LogP contribution >= 0.6 is 0 Å². The van der Waals surface area contributed by atoms with Gasteiger partial charge in [-0.05, 0) is 31.2 Å². The number of carbonyl (C=O) groups is 1. The highest BCUT2D eigenvalue weighted by atomic mass is 16.5. The van der Waals surface area contributed by atoms with Crippen molar-refractivity contribution in [2.75, 3.05) is 18.4 Å². The zero-order valence-electron chi connectivity index (χ0n) is 12.1. The van der Waals surface area contributed by atoms with Crippen LogP contribution in [0.25, 0.3) is 0 Å². The van der Waals surface area contributed by atoms with Crippen LogP contribution in [-0.2, 0) is 0 Å². The average molecular weight is 285 g/mol. The van der Waals surface area contributed by atoms with E-state index in [0.717, 1.165) is 25.9 Å². The zero-order valence-corrected chi connectivity index (χ0v) is 12.1. The lowest BCUT2D eigenvalue weighted by atomic mass is 9.90. The first-order chi connectivity index (χ1) is 10.2. The number of urea groups is 1. The zero-order chi connectivity index (χ0) is 14.7. The molecule has 1 aromatic heterocycles. The molecule has 1 aromatic carbocycles. The molecule has 2 heterocycles. The van der Waals surface area contributed by atoms with Crippen molar-refractivity contribution in [2.45, 2.75) is 25.7 Å². The Morgan fingerprint density at radius 2 is 2.00 bits per heavy atom. The Morgan fingerprint density at radius 3 is 2.62 bits per heavy atom. The molecule has 0 aliphatic carbocycles. The van der Waals surface area contributed by atoms with E-state index in [1.54, 1.807) is 13.0 Å². The van der Waals surface area contributed by atoms with Crippen LogP contribution in [0.2, 0.25) is 0 Å². The molecule has 1 aliphatic heterocycles. The Hall–Kier alpha value is -2.30. The van der Waals surface area contributed by atoms with E-state index in [2.05, 4.69) is 34.7 Å². The van der Waals surface area contributed by atoms with Gasteiger partial charge in [0.15, 0.2) is 5.82 Å². The molecule has 0 spiro atoms. The maximum absolute atomic E-state index is 12.2. The van der Waals surface area contributed by atoms with Gasteiger partial charge in [-0.3, -0.25) is 5.32 Å². The van der Waals surface area contributed by atoms with Gasteiger partial charge in [-0.1, -0.05) is 35.5 Å². The fraction of sp³-hybridized carbons (Fsp3) is 0.375. The molecule has 5 nitrogen and oxygen atoms in total. The summed E-state index contributed by atoms with van der Waals surface area (Å²) in [7, 11) is 0. The van der Waals surface area contributed by atoms with E-state index in [-0.39, 0.29) is 6.03 Å². The van der Waals surface area contributed by atoms with Gasteiger partial charge in [0, 0.05) is 19.2 Å². The molecule has 1 fully saturated rings. The molecule has 1 saturated heterocycles. The highest BCUT2D eigenvalue weighted by Crippen LogP contribution is 2.27.